The number of piperidine rings is 1. The highest BCUT2D eigenvalue weighted by Crippen LogP contribution is 2.29. The minimum absolute atomic E-state index is 0.138. The third-order valence-corrected chi connectivity index (χ3v) is 5.08. The summed E-state index contributed by atoms with van der Waals surface area (Å²) in [5.74, 6) is 0.760. The summed E-state index contributed by atoms with van der Waals surface area (Å²) in [5, 5.41) is 7.15. The van der Waals surface area contributed by atoms with Crippen molar-refractivity contribution >= 4 is 17.7 Å². The Kier molecular flexibility index (Phi) is 4.77. The molecule has 1 aliphatic heterocycles. The average molecular weight is 316 g/mol. The standard InChI is InChI=1S/C16H20N4OS/c1-12(22-16-17-11-18-19-16)15(21)20-9-7-14(8-10-20)13-5-3-2-4-6-13/h2-6,11-12,14H,7-10H2,1H3,(H,17,18,19)/t12-/m1/s1. The zero-order valence-electron chi connectivity index (χ0n) is 12.6. The van der Waals surface area contributed by atoms with Crippen LogP contribution in [0, 0.1) is 0 Å². The number of benzene rings is 1. The monoisotopic (exact) mass is 316 g/mol. The maximum atomic E-state index is 12.5. The smallest absolute Gasteiger partial charge is 0.235 e. The number of rotatable bonds is 4. The molecule has 1 fully saturated rings. The van der Waals surface area contributed by atoms with Crippen LogP contribution in [0.2, 0.25) is 0 Å². The van der Waals surface area contributed by atoms with Gasteiger partial charge in [-0.3, -0.25) is 9.89 Å². The summed E-state index contributed by atoms with van der Waals surface area (Å²) in [7, 11) is 0. The summed E-state index contributed by atoms with van der Waals surface area (Å²) in [6.07, 6.45) is 3.54. The molecule has 0 radical (unpaired) electrons. The van der Waals surface area contributed by atoms with Gasteiger partial charge in [-0.2, -0.15) is 5.10 Å². The number of nitrogens with one attached hydrogen (secondary N) is 1. The average Bonchev–Trinajstić information content (AvgIpc) is 3.08. The molecule has 0 saturated carbocycles. The fourth-order valence-electron chi connectivity index (χ4n) is 2.88. The number of carbonyl (C=O) groups is 1. The van der Waals surface area contributed by atoms with Crippen LogP contribution in [0.4, 0.5) is 0 Å². The van der Waals surface area contributed by atoms with Gasteiger partial charge < -0.3 is 4.90 Å². The van der Waals surface area contributed by atoms with E-state index in [1.165, 1.54) is 23.7 Å². The molecule has 1 aromatic heterocycles. The number of aromatic amines is 1. The highest BCUT2D eigenvalue weighted by atomic mass is 32.2. The molecule has 6 heteroatoms. The molecule has 2 heterocycles. The minimum Gasteiger partial charge on any atom is -0.342 e. The van der Waals surface area contributed by atoms with Crippen molar-refractivity contribution < 1.29 is 4.79 Å². The lowest BCUT2D eigenvalue weighted by Crippen LogP contribution is -2.41. The minimum atomic E-state index is -0.138. The lowest BCUT2D eigenvalue weighted by atomic mass is 9.89. The Labute approximate surface area is 134 Å². The maximum Gasteiger partial charge on any atom is 0.235 e. The van der Waals surface area contributed by atoms with Crippen molar-refractivity contribution in [2.75, 3.05) is 13.1 Å². The number of hydrogen-bond donors (Lipinski definition) is 1. The molecule has 1 aromatic carbocycles. The number of likely N-dealkylation sites (tertiary alicyclic amines) is 1. The molecule has 5 nitrogen and oxygen atoms in total. The Morgan fingerprint density at radius 1 is 1.32 bits per heavy atom. The molecule has 2 aromatic rings. The van der Waals surface area contributed by atoms with Gasteiger partial charge in [0, 0.05) is 13.1 Å². The largest absolute Gasteiger partial charge is 0.342 e. The number of thioether (sulfide) groups is 1. The normalized spacial score (nSPS) is 17.4. The molecule has 22 heavy (non-hydrogen) atoms. The second-order valence-corrected chi connectivity index (χ2v) is 6.89. The van der Waals surface area contributed by atoms with Crippen molar-refractivity contribution in [1.82, 2.24) is 20.1 Å². The van der Waals surface area contributed by atoms with Gasteiger partial charge in [-0.05, 0) is 31.2 Å². The van der Waals surface area contributed by atoms with Gasteiger partial charge in [0.2, 0.25) is 5.91 Å². The van der Waals surface area contributed by atoms with Crippen LogP contribution >= 0.6 is 11.8 Å². The molecule has 1 saturated heterocycles. The zero-order valence-corrected chi connectivity index (χ0v) is 13.4. The molecular weight excluding hydrogens is 296 g/mol. The van der Waals surface area contributed by atoms with Crippen LogP contribution < -0.4 is 0 Å². The third kappa shape index (κ3) is 3.50. The van der Waals surface area contributed by atoms with Crippen molar-refractivity contribution in [2.24, 2.45) is 0 Å². The van der Waals surface area contributed by atoms with Crippen molar-refractivity contribution in [3.63, 3.8) is 0 Å². The lowest BCUT2D eigenvalue weighted by molar-refractivity contribution is -0.131. The number of amides is 1. The van der Waals surface area contributed by atoms with E-state index in [4.69, 9.17) is 0 Å². The van der Waals surface area contributed by atoms with E-state index in [2.05, 4.69) is 39.4 Å². The van der Waals surface area contributed by atoms with Gasteiger partial charge in [0.05, 0.1) is 5.25 Å². The molecule has 0 bridgehead atoms. The van der Waals surface area contributed by atoms with E-state index in [1.54, 1.807) is 0 Å². The Hall–Kier alpha value is -1.82. The molecule has 0 unspecified atom stereocenters. The van der Waals surface area contributed by atoms with E-state index in [-0.39, 0.29) is 11.2 Å². The van der Waals surface area contributed by atoms with Gasteiger partial charge >= 0.3 is 0 Å². The van der Waals surface area contributed by atoms with E-state index in [9.17, 15) is 4.79 Å². The zero-order chi connectivity index (χ0) is 15.4. The molecule has 1 amide bonds. The molecular formula is C16H20N4OS. The summed E-state index contributed by atoms with van der Waals surface area (Å²) >= 11 is 1.43. The van der Waals surface area contributed by atoms with Crippen LogP contribution in [0.25, 0.3) is 0 Å². The Bertz CT molecular complexity index is 594. The van der Waals surface area contributed by atoms with E-state index in [0.717, 1.165) is 25.9 Å². The summed E-state index contributed by atoms with van der Waals surface area (Å²) in [6.45, 7) is 3.60. The molecule has 1 atom stereocenters. The first-order valence-electron chi connectivity index (χ1n) is 7.60. The molecule has 116 valence electrons. The summed E-state index contributed by atoms with van der Waals surface area (Å²) in [6, 6.07) is 10.6. The second kappa shape index (κ2) is 6.96. The van der Waals surface area contributed by atoms with Gasteiger partial charge in [-0.15, -0.1) is 0 Å². The topological polar surface area (TPSA) is 61.9 Å². The van der Waals surface area contributed by atoms with Crippen LogP contribution in [0.15, 0.2) is 41.8 Å². The SMILES string of the molecule is C[C@@H](Sc1ncn[nH]1)C(=O)N1CCC(c2ccccc2)CC1. The van der Waals surface area contributed by atoms with Gasteiger partial charge in [0.15, 0.2) is 5.16 Å². The summed E-state index contributed by atoms with van der Waals surface area (Å²) < 4.78 is 0. The number of hydrogen-bond acceptors (Lipinski definition) is 4. The first-order valence-corrected chi connectivity index (χ1v) is 8.48. The van der Waals surface area contributed by atoms with Gasteiger partial charge in [-0.25, -0.2) is 4.98 Å². The fourth-order valence-corrected chi connectivity index (χ4v) is 3.68. The number of H-pyrrole nitrogens is 1. The first kappa shape index (κ1) is 15.1. The maximum absolute atomic E-state index is 12.5. The first-order chi connectivity index (χ1) is 10.7. The Morgan fingerprint density at radius 3 is 2.68 bits per heavy atom. The van der Waals surface area contributed by atoms with Crippen LogP contribution in [0.5, 0.6) is 0 Å². The molecule has 1 N–H and O–H groups in total. The number of aromatic nitrogens is 3. The van der Waals surface area contributed by atoms with Gasteiger partial charge in [0.25, 0.3) is 0 Å². The van der Waals surface area contributed by atoms with E-state index in [0.29, 0.717) is 11.1 Å². The quantitative estimate of drug-likeness (QED) is 0.881. The van der Waals surface area contributed by atoms with Crippen LogP contribution in [-0.2, 0) is 4.79 Å². The molecule has 1 aliphatic rings. The highest BCUT2D eigenvalue weighted by Gasteiger charge is 2.27. The van der Waals surface area contributed by atoms with E-state index < -0.39 is 0 Å². The summed E-state index contributed by atoms with van der Waals surface area (Å²) in [4.78, 5) is 18.6. The molecule has 0 spiro atoms. The highest BCUT2D eigenvalue weighted by molar-refractivity contribution is 8.00. The van der Waals surface area contributed by atoms with Gasteiger partial charge in [0.1, 0.15) is 6.33 Å². The van der Waals surface area contributed by atoms with Crippen LogP contribution in [0.1, 0.15) is 31.2 Å². The fraction of sp³-hybridized carbons (Fsp3) is 0.438. The van der Waals surface area contributed by atoms with Crippen molar-refractivity contribution in [2.45, 2.75) is 36.1 Å². The Morgan fingerprint density at radius 2 is 2.05 bits per heavy atom. The van der Waals surface area contributed by atoms with E-state index in [1.807, 2.05) is 17.9 Å². The molecule has 0 aliphatic carbocycles. The second-order valence-electron chi connectivity index (χ2n) is 5.56. The van der Waals surface area contributed by atoms with Gasteiger partial charge in [-0.1, -0.05) is 42.1 Å². The van der Waals surface area contributed by atoms with Crippen molar-refractivity contribution in [3.8, 4) is 0 Å². The van der Waals surface area contributed by atoms with Crippen molar-refractivity contribution in [3.05, 3.63) is 42.2 Å². The predicted octanol–water partition coefficient (Wildman–Crippen LogP) is 2.69. The summed E-state index contributed by atoms with van der Waals surface area (Å²) in [5.41, 5.74) is 1.39. The van der Waals surface area contributed by atoms with E-state index >= 15 is 0 Å². The predicted molar refractivity (Wildman–Crippen MR) is 86.7 cm³/mol. The van der Waals surface area contributed by atoms with Crippen LogP contribution in [0.3, 0.4) is 0 Å². The van der Waals surface area contributed by atoms with Crippen molar-refractivity contribution in [1.29, 1.82) is 0 Å². The Balaban J connectivity index is 1.53. The third-order valence-electron chi connectivity index (χ3n) is 4.11. The molecule has 3 rings (SSSR count). The number of carbonyl (C=O) groups excluding carboxylic acids is 1. The number of nitrogens with zero attached hydrogens (tertiary/aromatic N) is 3. The van der Waals surface area contributed by atoms with Crippen LogP contribution in [-0.4, -0.2) is 44.3 Å². The lowest BCUT2D eigenvalue weighted by Gasteiger charge is -2.33.